The summed E-state index contributed by atoms with van der Waals surface area (Å²) in [6.45, 7) is 2.87. The highest BCUT2D eigenvalue weighted by molar-refractivity contribution is 7.09. The first-order chi connectivity index (χ1) is 8.29. The fourth-order valence-electron chi connectivity index (χ4n) is 1.77. The Hall–Kier alpha value is -1.26. The molecule has 0 aliphatic carbocycles. The van der Waals surface area contributed by atoms with E-state index in [9.17, 15) is 4.39 Å². The fraction of sp³-hybridized carbons (Fsp3) is 0.308. The third-order valence-electron chi connectivity index (χ3n) is 2.67. The Morgan fingerprint density at radius 3 is 3.00 bits per heavy atom. The third kappa shape index (κ3) is 3.35. The van der Waals surface area contributed by atoms with Crippen molar-refractivity contribution in [3.05, 3.63) is 52.2 Å². The van der Waals surface area contributed by atoms with E-state index >= 15 is 0 Å². The fourth-order valence-corrected chi connectivity index (χ4v) is 2.32. The summed E-state index contributed by atoms with van der Waals surface area (Å²) < 4.78 is 13.1. The van der Waals surface area contributed by atoms with Crippen LogP contribution in [0.15, 0.2) is 36.0 Å². The zero-order valence-corrected chi connectivity index (χ0v) is 10.5. The number of nitrogens with zero attached hydrogens (tertiary/aromatic N) is 1. The number of hydrogen-bond acceptors (Lipinski definition) is 3. The van der Waals surface area contributed by atoms with E-state index in [1.165, 1.54) is 10.9 Å². The van der Waals surface area contributed by atoms with E-state index < -0.39 is 0 Å². The summed E-state index contributed by atoms with van der Waals surface area (Å²) in [5.74, 6) is -0.180. The Morgan fingerprint density at radius 2 is 2.35 bits per heavy atom. The molecular formula is C13H15FN2S. The van der Waals surface area contributed by atoms with Crippen molar-refractivity contribution in [3.8, 4) is 0 Å². The van der Waals surface area contributed by atoms with E-state index in [1.807, 2.05) is 17.8 Å². The number of halogens is 1. The molecule has 0 bridgehead atoms. The Morgan fingerprint density at radius 1 is 1.47 bits per heavy atom. The molecule has 0 fully saturated rings. The highest BCUT2D eigenvalue weighted by atomic mass is 32.1. The number of nitrogens with one attached hydrogen (secondary N) is 1. The second-order valence-electron chi connectivity index (χ2n) is 3.86. The largest absolute Gasteiger partial charge is 0.305 e. The number of hydrogen-bond donors (Lipinski definition) is 1. The molecule has 1 atom stereocenters. The van der Waals surface area contributed by atoms with Crippen molar-refractivity contribution in [2.75, 3.05) is 0 Å². The maximum atomic E-state index is 13.1. The van der Waals surface area contributed by atoms with Crippen molar-refractivity contribution in [2.24, 2.45) is 0 Å². The van der Waals surface area contributed by atoms with Crippen LogP contribution in [0.2, 0.25) is 0 Å². The lowest BCUT2D eigenvalue weighted by Crippen LogP contribution is -2.19. The van der Waals surface area contributed by atoms with Crippen LogP contribution in [-0.2, 0) is 6.54 Å². The third-order valence-corrected chi connectivity index (χ3v) is 3.45. The van der Waals surface area contributed by atoms with E-state index in [0.29, 0.717) is 0 Å². The number of aromatic nitrogens is 1. The van der Waals surface area contributed by atoms with E-state index in [4.69, 9.17) is 0 Å². The molecule has 1 N–H and O–H groups in total. The Bertz CT molecular complexity index is 456. The van der Waals surface area contributed by atoms with Crippen LogP contribution in [0.1, 0.15) is 29.8 Å². The van der Waals surface area contributed by atoms with Gasteiger partial charge in [0.25, 0.3) is 0 Å². The molecule has 1 unspecified atom stereocenters. The quantitative estimate of drug-likeness (QED) is 0.878. The van der Waals surface area contributed by atoms with Gasteiger partial charge in [-0.1, -0.05) is 19.1 Å². The van der Waals surface area contributed by atoms with E-state index in [1.54, 1.807) is 23.5 Å². The number of thiazole rings is 1. The van der Waals surface area contributed by atoms with E-state index in [-0.39, 0.29) is 11.9 Å². The molecule has 0 saturated carbocycles. The van der Waals surface area contributed by atoms with Crippen LogP contribution < -0.4 is 5.32 Å². The van der Waals surface area contributed by atoms with Gasteiger partial charge in [-0.25, -0.2) is 4.39 Å². The normalized spacial score (nSPS) is 12.6. The molecule has 2 rings (SSSR count). The van der Waals surface area contributed by atoms with Gasteiger partial charge in [0.2, 0.25) is 0 Å². The molecule has 0 aliphatic rings. The molecule has 1 aromatic carbocycles. The lowest BCUT2D eigenvalue weighted by atomic mass is 10.0. The van der Waals surface area contributed by atoms with E-state index in [0.717, 1.165) is 18.5 Å². The topological polar surface area (TPSA) is 24.9 Å². The first kappa shape index (κ1) is 12.2. The summed E-state index contributed by atoms with van der Waals surface area (Å²) in [6, 6.07) is 6.96. The highest BCUT2D eigenvalue weighted by Crippen LogP contribution is 2.18. The molecule has 0 amide bonds. The summed E-state index contributed by atoms with van der Waals surface area (Å²) >= 11 is 1.63. The monoisotopic (exact) mass is 250 g/mol. The van der Waals surface area contributed by atoms with Gasteiger partial charge in [0.1, 0.15) is 5.82 Å². The standard InChI is InChI=1S/C13H15FN2S/c1-2-13(10-4-3-5-11(14)6-10)16-8-12-7-15-9-17-12/h3-7,9,13,16H,2,8H2,1H3. The second-order valence-corrected chi connectivity index (χ2v) is 4.84. The van der Waals surface area contributed by atoms with Gasteiger partial charge < -0.3 is 5.32 Å². The van der Waals surface area contributed by atoms with Crippen LogP contribution in [0, 0.1) is 5.82 Å². The van der Waals surface area contributed by atoms with Crippen molar-refractivity contribution < 1.29 is 4.39 Å². The second kappa shape index (κ2) is 5.89. The smallest absolute Gasteiger partial charge is 0.123 e. The molecule has 2 aromatic rings. The minimum atomic E-state index is -0.180. The van der Waals surface area contributed by atoms with Crippen molar-refractivity contribution in [1.82, 2.24) is 10.3 Å². The summed E-state index contributed by atoms with van der Waals surface area (Å²) in [5, 5.41) is 3.42. The predicted molar refractivity (Wildman–Crippen MR) is 68.4 cm³/mol. The maximum Gasteiger partial charge on any atom is 0.123 e. The minimum absolute atomic E-state index is 0.180. The van der Waals surface area contributed by atoms with Crippen molar-refractivity contribution >= 4 is 11.3 Å². The first-order valence-electron chi connectivity index (χ1n) is 5.66. The zero-order valence-electron chi connectivity index (χ0n) is 9.69. The van der Waals surface area contributed by atoms with E-state index in [2.05, 4.69) is 17.2 Å². The van der Waals surface area contributed by atoms with Crippen LogP contribution in [-0.4, -0.2) is 4.98 Å². The summed E-state index contributed by atoms with van der Waals surface area (Å²) in [4.78, 5) is 5.23. The molecule has 90 valence electrons. The molecule has 2 nitrogen and oxygen atoms in total. The molecule has 0 saturated heterocycles. The molecule has 0 spiro atoms. The molecular weight excluding hydrogens is 235 g/mol. The van der Waals surface area contributed by atoms with Crippen LogP contribution in [0.3, 0.4) is 0 Å². The summed E-state index contributed by atoms with van der Waals surface area (Å²) in [5.41, 5.74) is 2.82. The van der Waals surface area contributed by atoms with Gasteiger partial charge in [-0.2, -0.15) is 0 Å². The van der Waals surface area contributed by atoms with Crippen LogP contribution in [0.25, 0.3) is 0 Å². The molecule has 1 aromatic heterocycles. The molecule has 17 heavy (non-hydrogen) atoms. The molecule has 0 radical (unpaired) electrons. The highest BCUT2D eigenvalue weighted by Gasteiger charge is 2.09. The molecule has 0 aliphatic heterocycles. The molecule has 1 heterocycles. The summed E-state index contributed by atoms with van der Waals surface area (Å²) in [7, 11) is 0. The van der Waals surface area contributed by atoms with Gasteiger partial charge in [0, 0.05) is 23.7 Å². The SMILES string of the molecule is CCC(NCc1cncs1)c1cccc(F)c1. The predicted octanol–water partition coefficient (Wildman–Crippen LogP) is 3.52. The van der Waals surface area contributed by atoms with Crippen molar-refractivity contribution in [3.63, 3.8) is 0 Å². The zero-order chi connectivity index (χ0) is 12.1. The lowest BCUT2D eigenvalue weighted by Gasteiger charge is -2.16. The van der Waals surface area contributed by atoms with Crippen LogP contribution in [0.4, 0.5) is 4.39 Å². The van der Waals surface area contributed by atoms with Crippen molar-refractivity contribution in [2.45, 2.75) is 25.9 Å². The first-order valence-corrected chi connectivity index (χ1v) is 6.53. The summed E-state index contributed by atoms with van der Waals surface area (Å²) in [6.07, 6.45) is 2.79. The van der Waals surface area contributed by atoms with Crippen LogP contribution >= 0.6 is 11.3 Å². The van der Waals surface area contributed by atoms with Gasteiger partial charge in [0.05, 0.1) is 5.51 Å². The average molecular weight is 250 g/mol. The maximum absolute atomic E-state index is 13.1. The van der Waals surface area contributed by atoms with Crippen LogP contribution in [0.5, 0.6) is 0 Å². The van der Waals surface area contributed by atoms with Gasteiger partial charge in [-0.15, -0.1) is 11.3 Å². The minimum Gasteiger partial charge on any atom is -0.305 e. The number of rotatable bonds is 5. The average Bonchev–Trinajstić information content (AvgIpc) is 2.83. The number of benzene rings is 1. The van der Waals surface area contributed by atoms with Gasteiger partial charge in [-0.3, -0.25) is 4.98 Å². The van der Waals surface area contributed by atoms with Crippen molar-refractivity contribution in [1.29, 1.82) is 0 Å². The Balaban J connectivity index is 2.01. The van der Waals surface area contributed by atoms with Gasteiger partial charge >= 0.3 is 0 Å². The Kier molecular flexibility index (Phi) is 4.23. The molecule has 4 heteroatoms. The van der Waals surface area contributed by atoms with Gasteiger partial charge in [0.15, 0.2) is 0 Å². The van der Waals surface area contributed by atoms with Gasteiger partial charge in [-0.05, 0) is 24.1 Å². The lowest BCUT2D eigenvalue weighted by molar-refractivity contribution is 0.517. The Labute approximate surface area is 105 Å².